The Labute approximate surface area is 259 Å². The molecule has 1 aliphatic heterocycles. The highest BCUT2D eigenvalue weighted by Gasteiger charge is 2.37. The highest BCUT2D eigenvalue weighted by molar-refractivity contribution is 7.89. The molecule has 0 unspecified atom stereocenters. The van der Waals surface area contributed by atoms with Gasteiger partial charge in [0.05, 0.1) is 17.0 Å². The number of amides is 2. The van der Waals surface area contributed by atoms with Gasteiger partial charge in [0.15, 0.2) is 0 Å². The van der Waals surface area contributed by atoms with Gasteiger partial charge in [0.25, 0.3) is 0 Å². The van der Waals surface area contributed by atoms with Crippen molar-refractivity contribution >= 4 is 33.6 Å². The summed E-state index contributed by atoms with van der Waals surface area (Å²) in [5, 5.41) is 15.4. The molecule has 1 aliphatic carbocycles. The van der Waals surface area contributed by atoms with Gasteiger partial charge in [-0.2, -0.15) is 4.72 Å². The van der Waals surface area contributed by atoms with E-state index in [1.54, 1.807) is 32.2 Å². The SMILES string of the molecule is Cc1cc(C)c(S(=O)(=O)N[C@@H](CNC(=O)CO[C@@H]2C[C@@H](CNc3ccccn3)N(C(=O)CC3CCCC3)C2)C(=O)O)c(C)c1. The smallest absolute Gasteiger partial charge is 0.323 e. The van der Waals surface area contributed by atoms with Crippen molar-refractivity contribution < 1.29 is 32.6 Å². The fourth-order valence-electron chi connectivity index (χ4n) is 6.24. The van der Waals surface area contributed by atoms with Gasteiger partial charge in [-0.15, -0.1) is 0 Å². The van der Waals surface area contributed by atoms with Crippen molar-refractivity contribution in [1.82, 2.24) is 19.9 Å². The van der Waals surface area contributed by atoms with Crippen LogP contribution >= 0.6 is 0 Å². The molecule has 240 valence electrons. The zero-order valence-electron chi connectivity index (χ0n) is 25.5. The number of benzene rings is 1. The number of hydrogen-bond acceptors (Lipinski definition) is 8. The third kappa shape index (κ3) is 8.99. The van der Waals surface area contributed by atoms with E-state index >= 15 is 0 Å². The van der Waals surface area contributed by atoms with Crippen molar-refractivity contribution in [3.05, 3.63) is 53.2 Å². The van der Waals surface area contributed by atoms with Gasteiger partial charge in [-0.1, -0.05) is 36.6 Å². The minimum atomic E-state index is -4.17. The second kappa shape index (κ2) is 15.0. The Morgan fingerprint density at radius 2 is 1.82 bits per heavy atom. The van der Waals surface area contributed by atoms with Crippen LogP contribution in [0.5, 0.6) is 0 Å². The average molecular weight is 630 g/mol. The molecule has 2 aromatic rings. The van der Waals surface area contributed by atoms with Crippen LogP contribution in [0.3, 0.4) is 0 Å². The minimum Gasteiger partial charge on any atom is -0.480 e. The van der Waals surface area contributed by atoms with Crippen molar-refractivity contribution in [2.75, 3.05) is 31.6 Å². The molecule has 13 heteroatoms. The molecule has 1 saturated heterocycles. The van der Waals surface area contributed by atoms with E-state index < -0.39 is 34.5 Å². The summed E-state index contributed by atoms with van der Waals surface area (Å²) in [6, 6.07) is 7.25. The number of nitrogens with one attached hydrogen (secondary N) is 3. The van der Waals surface area contributed by atoms with E-state index in [9.17, 15) is 27.9 Å². The van der Waals surface area contributed by atoms with Crippen LogP contribution in [-0.4, -0.2) is 85.6 Å². The van der Waals surface area contributed by atoms with Crippen LogP contribution in [0.4, 0.5) is 5.82 Å². The first-order valence-corrected chi connectivity index (χ1v) is 16.6. The van der Waals surface area contributed by atoms with E-state index in [1.165, 1.54) is 0 Å². The van der Waals surface area contributed by atoms with Crippen LogP contribution in [0.2, 0.25) is 0 Å². The summed E-state index contributed by atoms with van der Waals surface area (Å²) >= 11 is 0. The third-order valence-corrected chi connectivity index (χ3v) is 10.0. The van der Waals surface area contributed by atoms with E-state index in [0.29, 0.717) is 48.8 Å². The van der Waals surface area contributed by atoms with Gasteiger partial charge in [0.1, 0.15) is 18.5 Å². The number of anilines is 1. The van der Waals surface area contributed by atoms with Crippen molar-refractivity contribution in [3.8, 4) is 0 Å². The second-order valence-electron chi connectivity index (χ2n) is 11.9. The molecule has 4 rings (SSSR count). The average Bonchev–Trinajstić information content (AvgIpc) is 3.62. The lowest BCUT2D eigenvalue weighted by atomic mass is 10.0. The molecule has 1 aromatic heterocycles. The van der Waals surface area contributed by atoms with Gasteiger partial charge in [0.2, 0.25) is 21.8 Å². The van der Waals surface area contributed by atoms with Gasteiger partial charge in [-0.05, 0) is 69.2 Å². The molecule has 12 nitrogen and oxygen atoms in total. The van der Waals surface area contributed by atoms with Crippen molar-refractivity contribution in [2.24, 2.45) is 5.92 Å². The van der Waals surface area contributed by atoms with Crippen LogP contribution in [-0.2, 0) is 29.1 Å². The number of carboxylic acid groups (broad SMARTS) is 1. The third-order valence-electron chi connectivity index (χ3n) is 8.24. The first-order valence-electron chi connectivity index (χ1n) is 15.1. The van der Waals surface area contributed by atoms with Crippen LogP contribution in [0.15, 0.2) is 41.4 Å². The highest BCUT2D eigenvalue weighted by atomic mass is 32.2. The molecule has 2 aliphatic rings. The Hall–Kier alpha value is -3.55. The maximum Gasteiger partial charge on any atom is 0.323 e. The maximum absolute atomic E-state index is 13.3. The summed E-state index contributed by atoms with van der Waals surface area (Å²) < 4.78 is 34.2. The summed E-state index contributed by atoms with van der Waals surface area (Å²) in [6.07, 6.45) is 6.76. The standard InChI is InChI=1S/C31H43N5O7S/c1-20-12-21(2)30(22(3)13-20)44(41,42)35-26(31(39)40)17-34-28(37)19-43-25-15-24(16-33-27-10-6-7-11-32-27)36(18-25)29(38)14-23-8-4-5-9-23/h6-7,10-13,23-26,35H,4-5,8-9,14-19H2,1-3H3,(H,32,33)(H,34,37)(H,39,40)/t24-,25+,26-/m0/s1. The molecule has 1 saturated carbocycles. The Bertz CT molecular complexity index is 1410. The van der Waals surface area contributed by atoms with E-state index in [-0.39, 0.29) is 29.6 Å². The van der Waals surface area contributed by atoms with Gasteiger partial charge < -0.3 is 25.4 Å². The first-order chi connectivity index (χ1) is 20.9. The Morgan fingerprint density at radius 3 is 2.45 bits per heavy atom. The monoisotopic (exact) mass is 629 g/mol. The molecule has 2 fully saturated rings. The second-order valence-corrected chi connectivity index (χ2v) is 13.5. The van der Waals surface area contributed by atoms with E-state index in [4.69, 9.17) is 4.74 Å². The zero-order valence-corrected chi connectivity index (χ0v) is 26.4. The van der Waals surface area contributed by atoms with E-state index in [2.05, 4.69) is 20.3 Å². The Kier molecular flexibility index (Phi) is 11.3. The number of sulfonamides is 1. The number of rotatable bonds is 14. The number of nitrogens with zero attached hydrogens (tertiary/aromatic N) is 2. The predicted octanol–water partition coefficient (Wildman–Crippen LogP) is 2.53. The zero-order chi connectivity index (χ0) is 31.9. The molecule has 4 N–H and O–H groups in total. The number of ether oxygens (including phenoxy) is 1. The molecule has 2 amide bonds. The number of pyridine rings is 1. The summed E-state index contributed by atoms with van der Waals surface area (Å²) in [7, 11) is -4.17. The minimum absolute atomic E-state index is 0.0179. The molecule has 1 aromatic carbocycles. The van der Waals surface area contributed by atoms with Gasteiger partial charge >= 0.3 is 5.97 Å². The van der Waals surface area contributed by atoms with Crippen LogP contribution in [0.1, 0.15) is 55.2 Å². The van der Waals surface area contributed by atoms with Crippen molar-refractivity contribution in [3.63, 3.8) is 0 Å². The summed E-state index contributed by atoms with van der Waals surface area (Å²) in [6.45, 7) is 5.15. The summed E-state index contributed by atoms with van der Waals surface area (Å²) in [4.78, 5) is 43.9. The molecule has 2 heterocycles. The number of carbonyl (C=O) groups excluding carboxylic acids is 2. The van der Waals surface area contributed by atoms with Crippen molar-refractivity contribution in [2.45, 2.75) is 82.4 Å². The molecule has 0 spiro atoms. The lowest BCUT2D eigenvalue weighted by Crippen LogP contribution is -2.49. The highest BCUT2D eigenvalue weighted by Crippen LogP contribution is 2.30. The first kappa shape index (κ1) is 33.3. The van der Waals surface area contributed by atoms with E-state index in [0.717, 1.165) is 31.2 Å². The number of hydrogen-bond donors (Lipinski definition) is 4. The molecular weight excluding hydrogens is 586 g/mol. The van der Waals surface area contributed by atoms with Crippen LogP contribution < -0.4 is 15.4 Å². The maximum atomic E-state index is 13.3. The lowest BCUT2D eigenvalue weighted by Gasteiger charge is -2.26. The predicted molar refractivity (Wildman–Crippen MR) is 165 cm³/mol. The normalized spacial score (nSPS) is 19.6. The Morgan fingerprint density at radius 1 is 1.11 bits per heavy atom. The van der Waals surface area contributed by atoms with Crippen LogP contribution in [0.25, 0.3) is 0 Å². The number of aryl methyl sites for hydroxylation is 3. The molecule has 44 heavy (non-hydrogen) atoms. The molecular formula is C31H43N5O7S. The molecule has 3 atom stereocenters. The van der Waals surface area contributed by atoms with Gasteiger partial charge in [-0.25, -0.2) is 13.4 Å². The van der Waals surface area contributed by atoms with Gasteiger partial charge in [-0.3, -0.25) is 14.4 Å². The molecule has 0 radical (unpaired) electrons. The number of aliphatic carboxylic acids is 1. The van der Waals surface area contributed by atoms with Crippen LogP contribution in [0, 0.1) is 26.7 Å². The topological polar surface area (TPSA) is 167 Å². The number of likely N-dealkylation sites (tertiary alicyclic amines) is 1. The summed E-state index contributed by atoms with van der Waals surface area (Å²) in [5.74, 6) is -0.826. The number of carbonyl (C=O) groups is 3. The fraction of sp³-hybridized carbons (Fsp3) is 0.548. The Balaban J connectivity index is 1.31. The van der Waals surface area contributed by atoms with Gasteiger partial charge in [0, 0.05) is 32.3 Å². The number of aromatic nitrogens is 1. The lowest BCUT2D eigenvalue weighted by molar-refractivity contribution is -0.139. The quantitative estimate of drug-likeness (QED) is 0.246. The number of carboxylic acids is 1. The van der Waals surface area contributed by atoms with Crippen molar-refractivity contribution in [1.29, 1.82) is 0 Å². The largest absolute Gasteiger partial charge is 0.480 e. The van der Waals surface area contributed by atoms with E-state index in [1.807, 2.05) is 30.0 Å². The summed E-state index contributed by atoms with van der Waals surface area (Å²) in [5.41, 5.74) is 1.88. The molecule has 0 bridgehead atoms. The fourth-order valence-corrected chi connectivity index (χ4v) is 7.88.